The molecule has 0 saturated heterocycles. The number of carbonyl (C=O) groups excluding carboxylic acids is 1. The van der Waals surface area contributed by atoms with E-state index < -0.39 is 33.4 Å². The highest BCUT2D eigenvalue weighted by Crippen LogP contribution is 2.38. The van der Waals surface area contributed by atoms with E-state index >= 15 is 0 Å². The first-order chi connectivity index (χ1) is 20.0. The monoisotopic (exact) mass is 638 g/mol. The molecule has 0 spiro atoms. The number of rotatable bonds is 10. The van der Waals surface area contributed by atoms with Gasteiger partial charge in [0, 0.05) is 24.2 Å². The number of nitrogens with zero attached hydrogens (tertiary/aromatic N) is 5. The number of ether oxygens (including phenoxy) is 1. The fourth-order valence-electron chi connectivity index (χ4n) is 3.88. The van der Waals surface area contributed by atoms with Crippen LogP contribution < -0.4 is 20.5 Å². The third-order valence-electron chi connectivity index (χ3n) is 5.62. The van der Waals surface area contributed by atoms with Crippen LogP contribution in [0.2, 0.25) is 5.02 Å². The van der Waals surface area contributed by atoms with E-state index in [0.29, 0.717) is 16.5 Å². The smallest absolute Gasteiger partial charge is 0.404 e. The number of nitrogens with two attached hydrogens (primary N) is 1. The van der Waals surface area contributed by atoms with Crippen molar-refractivity contribution >= 4 is 44.9 Å². The zero-order valence-electron chi connectivity index (χ0n) is 23.0. The van der Waals surface area contributed by atoms with Gasteiger partial charge in [0.25, 0.3) is 5.91 Å². The van der Waals surface area contributed by atoms with E-state index in [4.69, 9.17) is 22.1 Å². The van der Waals surface area contributed by atoms with Crippen molar-refractivity contribution in [3.05, 3.63) is 71.4 Å². The Morgan fingerprint density at radius 3 is 2.42 bits per heavy atom. The van der Waals surface area contributed by atoms with Crippen molar-refractivity contribution < 1.29 is 31.1 Å². The van der Waals surface area contributed by atoms with Crippen LogP contribution in [0.4, 0.5) is 30.5 Å². The maximum absolute atomic E-state index is 12.9. The van der Waals surface area contributed by atoms with E-state index in [-0.39, 0.29) is 40.7 Å². The summed E-state index contributed by atoms with van der Waals surface area (Å²) < 4.78 is 72.6. The average Bonchev–Trinajstić information content (AvgIpc) is 3.28. The lowest BCUT2D eigenvalue weighted by molar-refractivity contribution is -0.106. The van der Waals surface area contributed by atoms with Crippen molar-refractivity contribution in [2.75, 3.05) is 15.8 Å². The van der Waals surface area contributed by atoms with Gasteiger partial charge in [-0.25, -0.2) is 18.1 Å². The van der Waals surface area contributed by atoms with Crippen LogP contribution >= 0.6 is 11.6 Å². The van der Waals surface area contributed by atoms with Crippen molar-refractivity contribution in [1.29, 1.82) is 0 Å². The Morgan fingerprint density at radius 2 is 1.84 bits per heavy atom. The average molecular weight is 639 g/mol. The molecule has 0 atom stereocenters. The van der Waals surface area contributed by atoms with Gasteiger partial charge in [0.05, 0.1) is 28.1 Å². The molecule has 17 heteroatoms. The Hall–Kier alpha value is -4.44. The Morgan fingerprint density at radius 1 is 1.09 bits per heavy atom. The van der Waals surface area contributed by atoms with Crippen LogP contribution in [0.15, 0.2) is 55.1 Å². The van der Waals surface area contributed by atoms with Gasteiger partial charge in [-0.1, -0.05) is 17.7 Å². The number of sulfonamides is 1. The predicted molar refractivity (Wildman–Crippen MR) is 154 cm³/mol. The quantitative estimate of drug-likeness (QED) is 0.220. The molecule has 3 heterocycles. The van der Waals surface area contributed by atoms with Crippen LogP contribution in [0.5, 0.6) is 5.75 Å². The maximum Gasteiger partial charge on any atom is 0.404 e. The summed E-state index contributed by atoms with van der Waals surface area (Å²) in [6.07, 6.45) is 0.736. The summed E-state index contributed by atoms with van der Waals surface area (Å²) in [5, 5.41) is 8.02. The predicted octanol–water partition coefficient (Wildman–Crippen LogP) is 4.87. The zero-order valence-corrected chi connectivity index (χ0v) is 24.5. The molecule has 0 bridgehead atoms. The van der Waals surface area contributed by atoms with E-state index in [1.54, 1.807) is 12.1 Å². The normalized spacial score (nSPS) is 12.2. The molecule has 4 aromatic rings. The van der Waals surface area contributed by atoms with Crippen molar-refractivity contribution in [3.63, 3.8) is 0 Å². The van der Waals surface area contributed by atoms with E-state index in [2.05, 4.69) is 25.4 Å². The van der Waals surface area contributed by atoms with Crippen LogP contribution in [0, 0.1) is 0 Å². The molecule has 4 N–H and O–H groups in total. The summed E-state index contributed by atoms with van der Waals surface area (Å²) in [5.74, 6) is -2.61. The first-order valence-corrected chi connectivity index (χ1v) is 14.5. The van der Waals surface area contributed by atoms with Gasteiger partial charge in [0.1, 0.15) is 35.2 Å². The molecule has 0 saturated carbocycles. The molecule has 0 fully saturated rings. The number of anilines is 3. The van der Waals surface area contributed by atoms with Gasteiger partial charge < -0.3 is 15.8 Å². The number of alkyl halides is 3. The summed E-state index contributed by atoms with van der Waals surface area (Å²) in [6, 6.07) is 7.01. The molecule has 0 aliphatic carbocycles. The van der Waals surface area contributed by atoms with Gasteiger partial charge in [0.15, 0.2) is 5.75 Å². The first-order valence-electron chi connectivity index (χ1n) is 12.4. The van der Waals surface area contributed by atoms with Gasteiger partial charge in [-0.15, -0.1) is 0 Å². The molecule has 1 aromatic carbocycles. The SMILES string of the molecule is CC(C)(C)n1nc(-c2ccc(NS(=O)(=O)CC(F)(F)F)c(OCc3ccc(Cl)cn3)c2)c(C(N)=O)c1Nc1cnccn1. The fraction of sp³-hybridized carbons (Fsp3) is 0.269. The molecule has 43 heavy (non-hydrogen) atoms. The lowest BCUT2D eigenvalue weighted by Crippen LogP contribution is -2.28. The van der Waals surface area contributed by atoms with Gasteiger partial charge in [-0.3, -0.25) is 19.5 Å². The molecule has 0 unspecified atom stereocenters. The molecule has 0 radical (unpaired) electrons. The summed E-state index contributed by atoms with van der Waals surface area (Å²) in [7, 11) is -4.86. The second-order valence-electron chi connectivity index (χ2n) is 10.2. The number of hydrogen-bond donors (Lipinski definition) is 3. The minimum Gasteiger partial charge on any atom is -0.485 e. The van der Waals surface area contributed by atoms with E-state index in [1.165, 1.54) is 47.7 Å². The molecule has 0 aliphatic rings. The summed E-state index contributed by atoms with van der Waals surface area (Å²) in [6.45, 7) is 5.31. The number of amides is 1. The van der Waals surface area contributed by atoms with Crippen LogP contribution in [-0.4, -0.2) is 51.0 Å². The van der Waals surface area contributed by atoms with Gasteiger partial charge in [-0.2, -0.15) is 18.3 Å². The van der Waals surface area contributed by atoms with Gasteiger partial charge in [-0.05, 0) is 45.0 Å². The van der Waals surface area contributed by atoms with Crippen molar-refractivity contribution in [2.24, 2.45) is 5.73 Å². The number of benzene rings is 1. The molecule has 0 aliphatic heterocycles. The number of nitrogens with one attached hydrogen (secondary N) is 2. The fourth-order valence-corrected chi connectivity index (χ4v) is 4.99. The highest BCUT2D eigenvalue weighted by Gasteiger charge is 2.36. The molecular formula is C26H26ClF3N8O4S. The van der Waals surface area contributed by atoms with Crippen molar-refractivity contribution in [1.82, 2.24) is 24.7 Å². The third-order valence-corrected chi connectivity index (χ3v) is 7.08. The second kappa shape index (κ2) is 12.0. The number of hydrogen-bond acceptors (Lipinski definition) is 9. The molecule has 12 nitrogen and oxygen atoms in total. The first kappa shape index (κ1) is 31.5. The molecule has 3 aromatic heterocycles. The maximum atomic E-state index is 12.9. The standard InChI is InChI=1S/C26H26ClF3N8O4S/c1-25(2,3)38-24(35-20-12-32-8-9-33-20)21(23(31)39)22(36-38)15-4-7-18(37-43(40,41)14-26(28,29)30)19(10-15)42-13-17-6-5-16(27)11-34-17/h4-12,37H,13-14H2,1-3H3,(H2,31,39)(H,33,35). The lowest BCUT2D eigenvalue weighted by Gasteiger charge is -2.22. The Bertz CT molecular complexity index is 1730. The third kappa shape index (κ3) is 8.10. The Kier molecular flexibility index (Phi) is 8.82. The molecule has 4 rings (SSSR count). The summed E-state index contributed by atoms with van der Waals surface area (Å²) in [4.78, 5) is 25.1. The number of primary amides is 1. The van der Waals surface area contributed by atoms with E-state index in [9.17, 15) is 26.4 Å². The van der Waals surface area contributed by atoms with Crippen LogP contribution in [0.3, 0.4) is 0 Å². The van der Waals surface area contributed by atoms with Gasteiger partial charge >= 0.3 is 6.18 Å². The summed E-state index contributed by atoms with van der Waals surface area (Å²) >= 11 is 5.88. The minimum absolute atomic E-state index is 0.0312. The Labute approximate surface area is 249 Å². The van der Waals surface area contributed by atoms with Crippen molar-refractivity contribution in [2.45, 2.75) is 39.1 Å². The highest BCUT2D eigenvalue weighted by atomic mass is 35.5. The lowest BCUT2D eigenvalue weighted by atomic mass is 10.1. The number of pyridine rings is 1. The van der Waals surface area contributed by atoms with Gasteiger partial charge in [0.2, 0.25) is 10.0 Å². The molecule has 228 valence electrons. The number of aromatic nitrogens is 5. The zero-order chi connectivity index (χ0) is 31.6. The highest BCUT2D eigenvalue weighted by molar-refractivity contribution is 7.92. The largest absolute Gasteiger partial charge is 0.485 e. The number of carbonyl (C=O) groups is 1. The van der Waals surface area contributed by atoms with E-state index in [0.717, 1.165) is 0 Å². The summed E-state index contributed by atoms with van der Waals surface area (Å²) in [5.41, 5.74) is 5.54. The van der Waals surface area contributed by atoms with Crippen LogP contribution in [0.1, 0.15) is 36.8 Å². The molecular weight excluding hydrogens is 613 g/mol. The number of halogens is 4. The van der Waals surface area contributed by atoms with E-state index in [1.807, 2.05) is 25.5 Å². The minimum atomic E-state index is -4.98. The van der Waals surface area contributed by atoms with Crippen molar-refractivity contribution in [3.8, 4) is 17.0 Å². The second-order valence-corrected chi connectivity index (χ2v) is 12.3. The van der Waals surface area contributed by atoms with Crippen LogP contribution in [0.25, 0.3) is 11.3 Å². The van der Waals surface area contributed by atoms with Crippen LogP contribution in [-0.2, 0) is 22.2 Å². The Balaban J connectivity index is 1.83. The molecule has 1 amide bonds. The topological polar surface area (TPSA) is 167 Å².